The number of aryl methyl sites for hydroxylation is 1. The highest BCUT2D eigenvalue weighted by molar-refractivity contribution is 6.24. The third-order valence-electron chi connectivity index (χ3n) is 9.32. The van der Waals surface area contributed by atoms with Crippen molar-refractivity contribution < 1.29 is 34.8 Å². The number of aliphatic hydroxyl groups is 3. The van der Waals surface area contributed by atoms with Crippen LogP contribution in [0.4, 0.5) is 0 Å². The lowest BCUT2D eigenvalue weighted by Gasteiger charge is -2.50. The third kappa shape index (κ3) is 4.42. The van der Waals surface area contributed by atoms with Gasteiger partial charge in [-0.1, -0.05) is 12.5 Å². The van der Waals surface area contributed by atoms with E-state index in [0.717, 1.165) is 50.0 Å². The summed E-state index contributed by atoms with van der Waals surface area (Å²) in [4.78, 5) is 43.3. The summed E-state index contributed by atoms with van der Waals surface area (Å²) in [5.41, 5.74) is 3.59. The summed E-state index contributed by atoms with van der Waals surface area (Å²) >= 11 is 0. The van der Waals surface area contributed by atoms with Gasteiger partial charge in [0.05, 0.1) is 11.6 Å². The number of likely N-dealkylation sites (N-methyl/N-ethyl adjacent to an activating group) is 1. The van der Waals surface area contributed by atoms with Crippen LogP contribution >= 0.6 is 0 Å². The van der Waals surface area contributed by atoms with E-state index in [9.17, 15) is 34.8 Å². The van der Waals surface area contributed by atoms with Crippen LogP contribution in [-0.2, 0) is 22.4 Å². The van der Waals surface area contributed by atoms with Crippen LogP contribution in [0.2, 0.25) is 0 Å². The first-order chi connectivity index (χ1) is 19.0. The zero-order valence-corrected chi connectivity index (χ0v) is 23.2. The zero-order chi connectivity index (χ0) is 28.9. The average Bonchev–Trinajstić information content (AvgIpc) is 2.90. The second-order valence-electron chi connectivity index (χ2n) is 11.9. The molecular weight excluding hydrogens is 514 g/mol. The Morgan fingerprint density at radius 3 is 2.45 bits per heavy atom. The van der Waals surface area contributed by atoms with E-state index in [1.165, 1.54) is 25.3 Å². The molecule has 1 heterocycles. The normalized spacial score (nSPS) is 28.9. The number of benzene rings is 1. The number of allylic oxidation sites excluding steroid dienone is 1. The fourth-order valence-electron chi connectivity index (χ4n) is 7.38. The molecule has 0 spiro atoms. The molecule has 1 aromatic carbocycles. The van der Waals surface area contributed by atoms with Crippen molar-refractivity contribution in [3.05, 3.63) is 51.5 Å². The van der Waals surface area contributed by atoms with Gasteiger partial charge >= 0.3 is 0 Å². The number of likely N-dealkylation sites (tertiary alicyclic amines) is 1. The molecule has 0 saturated carbocycles. The van der Waals surface area contributed by atoms with Gasteiger partial charge in [0.1, 0.15) is 22.8 Å². The highest BCUT2D eigenvalue weighted by Crippen LogP contribution is 2.52. The number of phenolic OH excluding ortho intramolecular Hbond substituents is 1. The van der Waals surface area contributed by atoms with Crippen molar-refractivity contribution in [1.29, 1.82) is 0 Å². The summed E-state index contributed by atoms with van der Waals surface area (Å²) in [7, 11) is 3.24. The first kappa shape index (κ1) is 28.3. The number of unbranched alkanes of at least 4 members (excludes halogenated alkanes) is 1. The molecule has 6 N–H and O–H groups in total. The van der Waals surface area contributed by atoms with Gasteiger partial charge in [-0.2, -0.15) is 0 Å². The summed E-state index contributed by atoms with van der Waals surface area (Å²) < 4.78 is 0. The van der Waals surface area contributed by atoms with Crippen LogP contribution in [-0.4, -0.2) is 93.1 Å². The minimum Gasteiger partial charge on any atom is -0.510 e. The molecule has 0 aromatic heterocycles. The van der Waals surface area contributed by atoms with E-state index in [4.69, 9.17) is 5.73 Å². The molecule has 4 aliphatic rings. The molecule has 4 atom stereocenters. The van der Waals surface area contributed by atoms with Gasteiger partial charge in [0, 0.05) is 11.5 Å². The van der Waals surface area contributed by atoms with Crippen LogP contribution in [0.5, 0.6) is 5.75 Å². The summed E-state index contributed by atoms with van der Waals surface area (Å²) in [6.45, 7) is 3.31. The van der Waals surface area contributed by atoms with Gasteiger partial charge in [0.15, 0.2) is 11.4 Å². The molecule has 10 nitrogen and oxygen atoms in total. The zero-order valence-electron chi connectivity index (χ0n) is 23.2. The van der Waals surface area contributed by atoms with Gasteiger partial charge in [-0.05, 0) is 102 Å². The van der Waals surface area contributed by atoms with E-state index in [-0.39, 0.29) is 23.3 Å². The number of hydrogen-bond acceptors (Lipinski definition) is 9. The number of primary amides is 1. The summed E-state index contributed by atoms with van der Waals surface area (Å²) in [5.74, 6) is -6.30. The van der Waals surface area contributed by atoms with Gasteiger partial charge in [-0.15, -0.1) is 0 Å². The van der Waals surface area contributed by atoms with Crippen molar-refractivity contribution >= 4 is 17.5 Å². The number of ketones is 2. The Kier molecular flexibility index (Phi) is 7.54. The number of phenols is 1. The van der Waals surface area contributed by atoms with Gasteiger partial charge in [-0.25, -0.2) is 0 Å². The number of carbonyl (C=O) groups is 3. The summed E-state index contributed by atoms with van der Waals surface area (Å²) in [6, 6.07) is 2.33. The minimum atomic E-state index is -2.62. The number of amides is 1. The highest BCUT2D eigenvalue weighted by atomic mass is 16.3. The van der Waals surface area contributed by atoms with E-state index in [1.807, 2.05) is 6.07 Å². The maximum atomic E-state index is 13.8. The number of nitrogens with two attached hydrogens (primary N) is 1. The van der Waals surface area contributed by atoms with Crippen molar-refractivity contribution in [3.8, 4) is 5.75 Å². The number of fused-ring (bicyclic) bond motifs is 3. The van der Waals surface area contributed by atoms with E-state index in [0.29, 0.717) is 6.42 Å². The Labute approximate surface area is 233 Å². The molecule has 5 rings (SSSR count). The smallest absolute Gasteiger partial charge is 0.255 e. The van der Waals surface area contributed by atoms with Crippen LogP contribution < -0.4 is 5.73 Å². The maximum absolute atomic E-state index is 13.8. The van der Waals surface area contributed by atoms with Crippen LogP contribution in [0.15, 0.2) is 34.8 Å². The third-order valence-corrected chi connectivity index (χ3v) is 9.32. The number of rotatable bonds is 7. The topological polar surface area (TPSA) is 165 Å². The highest BCUT2D eigenvalue weighted by Gasteiger charge is 2.63. The average molecular weight is 554 g/mol. The lowest BCUT2D eigenvalue weighted by atomic mass is 9.58. The molecule has 3 aliphatic carbocycles. The predicted octanol–water partition coefficient (Wildman–Crippen LogP) is 1.93. The number of aliphatic hydroxyl groups excluding tert-OH is 2. The van der Waals surface area contributed by atoms with Crippen LogP contribution in [0, 0.1) is 11.8 Å². The fourth-order valence-corrected chi connectivity index (χ4v) is 7.38. The standard InChI is InChI=1S/C30H39N3O7/c1-32(2)24-19-15-17-14-18-16(8-4-7-13-33-11-5-3-6-12-33)9-10-20(34)22(18)25(35)21(17)27(37)30(19,40)28(38)23(26(24)36)29(31)39/h9-10,17,19,24,34,36-37,40H,3-8,11-15H2,1-2H3,(H2,31,39)/t17-,19-,24-,30-/m0/s1. The molecule has 40 heavy (non-hydrogen) atoms. The number of hydrogen-bond donors (Lipinski definition) is 5. The Morgan fingerprint density at radius 2 is 1.80 bits per heavy atom. The summed E-state index contributed by atoms with van der Waals surface area (Å²) in [5, 5.41) is 44.7. The monoisotopic (exact) mass is 553 g/mol. The number of carbonyl (C=O) groups excluding carboxylic acids is 3. The maximum Gasteiger partial charge on any atom is 0.255 e. The summed E-state index contributed by atoms with van der Waals surface area (Å²) in [6.07, 6.45) is 6.88. The number of nitrogens with zero attached hydrogens (tertiary/aromatic N) is 2. The quantitative estimate of drug-likeness (QED) is 0.251. The molecule has 10 heteroatoms. The molecule has 1 aliphatic heterocycles. The molecule has 1 saturated heterocycles. The molecule has 1 fully saturated rings. The molecule has 0 unspecified atom stereocenters. The number of piperidine rings is 1. The predicted molar refractivity (Wildman–Crippen MR) is 147 cm³/mol. The Morgan fingerprint density at radius 1 is 1.10 bits per heavy atom. The van der Waals surface area contributed by atoms with Gasteiger partial charge < -0.3 is 31.1 Å². The van der Waals surface area contributed by atoms with Crippen molar-refractivity contribution in [1.82, 2.24) is 9.80 Å². The van der Waals surface area contributed by atoms with Gasteiger partial charge in [-0.3, -0.25) is 19.3 Å². The van der Waals surface area contributed by atoms with Crippen molar-refractivity contribution in [2.24, 2.45) is 17.6 Å². The second-order valence-corrected chi connectivity index (χ2v) is 11.9. The molecule has 1 amide bonds. The molecule has 216 valence electrons. The molecule has 0 radical (unpaired) electrons. The Balaban J connectivity index is 1.49. The lowest BCUT2D eigenvalue weighted by molar-refractivity contribution is -0.148. The lowest BCUT2D eigenvalue weighted by Crippen LogP contribution is -2.63. The van der Waals surface area contributed by atoms with E-state index >= 15 is 0 Å². The molecular formula is C30H39N3O7. The molecule has 0 bridgehead atoms. The van der Waals surface area contributed by atoms with Crippen LogP contribution in [0.25, 0.3) is 0 Å². The first-order valence-corrected chi connectivity index (χ1v) is 14.2. The minimum absolute atomic E-state index is 0.0781. The Bertz CT molecular complexity index is 1310. The van der Waals surface area contributed by atoms with Gasteiger partial charge in [0.25, 0.3) is 5.91 Å². The van der Waals surface area contributed by atoms with Crippen LogP contribution in [0.1, 0.15) is 60.0 Å². The second kappa shape index (κ2) is 10.6. The van der Waals surface area contributed by atoms with E-state index in [1.54, 1.807) is 19.0 Å². The van der Waals surface area contributed by atoms with E-state index in [2.05, 4.69) is 4.90 Å². The van der Waals surface area contributed by atoms with Gasteiger partial charge in [0.2, 0.25) is 5.78 Å². The fraction of sp³-hybridized carbons (Fsp3) is 0.567. The van der Waals surface area contributed by atoms with E-state index < -0.39 is 58.0 Å². The number of aromatic hydroxyl groups is 1. The van der Waals surface area contributed by atoms with Crippen molar-refractivity contribution in [3.63, 3.8) is 0 Å². The Hall–Kier alpha value is -3.21. The molecule has 1 aromatic rings. The van der Waals surface area contributed by atoms with Crippen molar-refractivity contribution in [2.45, 2.75) is 63.0 Å². The number of Topliss-reactive ketones (excluding diaryl/α,β-unsaturated/α-hetero) is 2. The van der Waals surface area contributed by atoms with Crippen molar-refractivity contribution in [2.75, 3.05) is 33.7 Å². The largest absolute Gasteiger partial charge is 0.510 e. The SMILES string of the molecule is CN(C)[C@@H]1C(O)=C(C(N)=O)C(=O)[C@@]2(O)C(O)=C3C(=O)c4c(O)ccc(CCCCN5CCCCC5)c4C[C@H]3C[C@@H]12. The first-order valence-electron chi connectivity index (χ1n) is 14.2. The van der Waals surface area contributed by atoms with Crippen LogP contribution in [0.3, 0.4) is 0 Å².